The molecule has 1 aliphatic heterocycles. The Bertz CT molecular complexity index is 106. The van der Waals surface area contributed by atoms with E-state index in [0.29, 0.717) is 0 Å². The normalized spacial score (nSPS) is 28.5. The molecule has 0 aliphatic carbocycles. The Labute approximate surface area is 56.5 Å². The maximum atomic E-state index is 11.8. The summed E-state index contributed by atoms with van der Waals surface area (Å²) in [6, 6.07) is 0. The second-order valence-electron chi connectivity index (χ2n) is 2.00. The fraction of sp³-hybridized carbons (Fsp3) is 1.00. The van der Waals surface area contributed by atoms with Gasteiger partial charge in [0, 0.05) is 0 Å². The summed E-state index contributed by atoms with van der Waals surface area (Å²) in [5.41, 5.74) is 0. The van der Waals surface area contributed by atoms with Gasteiger partial charge in [-0.2, -0.15) is 13.9 Å². The van der Waals surface area contributed by atoms with Crippen LogP contribution in [0.2, 0.25) is 0 Å². The summed E-state index contributed by atoms with van der Waals surface area (Å²) in [6.07, 6.45) is -5.64. The van der Waals surface area contributed by atoms with Crippen molar-refractivity contribution >= 4 is 0 Å². The predicted molar refractivity (Wildman–Crippen MR) is 26.2 cm³/mol. The number of hydrogen-bond acceptors (Lipinski definition) is 2. The number of ether oxygens (including phenoxy) is 2. The van der Waals surface area contributed by atoms with E-state index in [1.807, 2.05) is 0 Å². The van der Waals surface area contributed by atoms with Gasteiger partial charge in [0.25, 0.3) is 0 Å². The molecule has 0 aromatic rings. The highest BCUT2D eigenvalue weighted by atomic mass is 19.3. The summed E-state index contributed by atoms with van der Waals surface area (Å²) >= 11 is 0. The molecule has 59 valence electrons. The molecule has 0 aromatic heterocycles. The van der Waals surface area contributed by atoms with Crippen molar-refractivity contribution in [1.29, 1.82) is 0 Å². The van der Waals surface area contributed by atoms with E-state index in [1.54, 1.807) is 0 Å². The quantitative estimate of drug-likeness (QED) is 0.547. The number of hydrogen-bond donors (Lipinski definition) is 0. The molecule has 1 rings (SSSR count). The van der Waals surface area contributed by atoms with E-state index in [2.05, 4.69) is 9.47 Å². The van der Waals surface area contributed by atoms with Gasteiger partial charge >= 0.3 is 6.11 Å². The van der Waals surface area contributed by atoms with Crippen molar-refractivity contribution in [3.63, 3.8) is 0 Å². The fourth-order valence-corrected chi connectivity index (χ4v) is 0.682. The first kappa shape index (κ1) is 7.84. The summed E-state index contributed by atoms with van der Waals surface area (Å²) in [5.74, 6) is 0. The summed E-state index contributed by atoms with van der Waals surface area (Å²) in [6.45, 7) is 0.0472. The lowest BCUT2D eigenvalue weighted by molar-refractivity contribution is -0.322. The van der Waals surface area contributed by atoms with Crippen LogP contribution in [0.25, 0.3) is 0 Å². The molecule has 0 N–H and O–H groups in total. The van der Waals surface area contributed by atoms with Crippen molar-refractivity contribution in [3.05, 3.63) is 0 Å². The van der Waals surface area contributed by atoms with Crippen molar-refractivity contribution < 1.29 is 23.4 Å². The Balaban J connectivity index is 2.39. The zero-order chi connectivity index (χ0) is 7.61. The largest absolute Gasteiger partial charge is 0.409 e. The third-order valence-electron chi connectivity index (χ3n) is 1.19. The van der Waals surface area contributed by atoms with Crippen molar-refractivity contribution in [2.24, 2.45) is 0 Å². The maximum absolute atomic E-state index is 11.8. The highest BCUT2D eigenvalue weighted by Gasteiger charge is 2.41. The molecule has 0 saturated carbocycles. The third-order valence-corrected chi connectivity index (χ3v) is 1.19. The molecule has 0 spiro atoms. The van der Waals surface area contributed by atoms with Gasteiger partial charge in [-0.3, -0.25) is 0 Å². The average molecular weight is 153 g/mol. The van der Waals surface area contributed by atoms with Crippen LogP contribution in [0.4, 0.5) is 8.78 Å². The fourth-order valence-electron chi connectivity index (χ4n) is 0.682. The SMILES string of the molecule is [O]C(F)(F)C1COCCO1. The molecule has 1 fully saturated rings. The van der Waals surface area contributed by atoms with Crippen LogP contribution in [-0.4, -0.2) is 32.0 Å². The first-order chi connectivity index (χ1) is 4.61. The molecule has 1 heterocycles. The smallest absolute Gasteiger partial charge is 0.376 e. The van der Waals surface area contributed by atoms with Crippen LogP contribution in [0.15, 0.2) is 0 Å². The highest BCUT2D eigenvalue weighted by molar-refractivity contribution is 4.68. The van der Waals surface area contributed by atoms with Gasteiger partial charge in [-0.1, -0.05) is 0 Å². The summed E-state index contributed by atoms with van der Waals surface area (Å²) in [4.78, 5) is 0. The second-order valence-corrected chi connectivity index (χ2v) is 2.00. The lowest BCUT2D eigenvalue weighted by Crippen LogP contribution is -2.42. The number of halogens is 2. The van der Waals surface area contributed by atoms with E-state index in [-0.39, 0.29) is 19.8 Å². The molecule has 3 nitrogen and oxygen atoms in total. The monoisotopic (exact) mass is 153 g/mol. The van der Waals surface area contributed by atoms with Crippen molar-refractivity contribution in [2.75, 3.05) is 19.8 Å². The van der Waals surface area contributed by atoms with Gasteiger partial charge in [-0.15, -0.1) is 0 Å². The lowest BCUT2D eigenvalue weighted by atomic mass is 10.3. The van der Waals surface area contributed by atoms with Crippen LogP contribution in [0.1, 0.15) is 0 Å². The van der Waals surface area contributed by atoms with Gasteiger partial charge in [-0.25, -0.2) is 0 Å². The zero-order valence-electron chi connectivity index (χ0n) is 5.18. The predicted octanol–water partition coefficient (Wildman–Crippen LogP) is 0.425. The van der Waals surface area contributed by atoms with Gasteiger partial charge in [0.1, 0.15) is 0 Å². The van der Waals surface area contributed by atoms with Crippen LogP contribution in [0.5, 0.6) is 0 Å². The van der Waals surface area contributed by atoms with Gasteiger partial charge in [0.15, 0.2) is 6.10 Å². The Morgan fingerprint density at radius 1 is 1.40 bits per heavy atom. The topological polar surface area (TPSA) is 38.4 Å². The third kappa shape index (κ3) is 1.86. The summed E-state index contributed by atoms with van der Waals surface area (Å²) in [5, 5.41) is 9.92. The average Bonchev–Trinajstić information content (AvgIpc) is 1.88. The van der Waals surface area contributed by atoms with Crippen LogP contribution < -0.4 is 0 Å². The highest BCUT2D eigenvalue weighted by Crippen LogP contribution is 2.20. The molecule has 1 radical (unpaired) electrons. The molecule has 1 atom stereocenters. The van der Waals surface area contributed by atoms with Crippen molar-refractivity contribution in [3.8, 4) is 0 Å². The van der Waals surface area contributed by atoms with Crippen LogP contribution in [-0.2, 0) is 14.6 Å². The standard InChI is InChI=1S/C5H7F2O3/c6-5(7,8)4-3-9-1-2-10-4/h4H,1-3H2. The molecule has 1 saturated heterocycles. The molecule has 0 amide bonds. The second kappa shape index (κ2) is 2.77. The Morgan fingerprint density at radius 2 is 2.10 bits per heavy atom. The number of alkyl halides is 2. The number of rotatable bonds is 1. The Kier molecular flexibility index (Phi) is 2.18. The molecular formula is C5H7F2O3. The Morgan fingerprint density at radius 3 is 2.40 bits per heavy atom. The van der Waals surface area contributed by atoms with Crippen LogP contribution in [0, 0.1) is 0 Å². The minimum absolute atomic E-state index is 0.0719. The van der Waals surface area contributed by atoms with Gasteiger partial charge < -0.3 is 9.47 Å². The van der Waals surface area contributed by atoms with E-state index >= 15 is 0 Å². The van der Waals surface area contributed by atoms with E-state index in [4.69, 9.17) is 0 Å². The molecular weight excluding hydrogens is 146 g/mol. The van der Waals surface area contributed by atoms with Crippen molar-refractivity contribution in [2.45, 2.75) is 12.2 Å². The molecule has 0 aromatic carbocycles. The van der Waals surface area contributed by atoms with E-state index in [9.17, 15) is 13.9 Å². The van der Waals surface area contributed by atoms with Crippen LogP contribution in [0.3, 0.4) is 0 Å². The Hall–Kier alpha value is -0.260. The van der Waals surface area contributed by atoms with Gasteiger partial charge in [0.2, 0.25) is 0 Å². The molecule has 1 unspecified atom stereocenters. The molecule has 1 aliphatic rings. The van der Waals surface area contributed by atoms with Crippen LogP contribution >= 0.6 is 0 Å². The summed E-state index contributed by atoms with van der Waals surface area (Å²) < 4.78 is 32.8. The molecule has 10 heavy (non-hydrogen) atoms. The lowest BCUT2D eigenvalue weighted by Gasteiger charge is -2.24. The maximum Gasteiger partial charge on any atom is 0.409 e. The molecule has 5 heteroatoms. The van der Waals surface area contributed by atoms with Gasteiger partial charge in [0.05, 0.1) is 19.8 Å². The van der Waals surface area contributed by atoms with E-state index < -0.39 is 12.2 Å². The first-order valence-corrected chi connectivity index (χ1v) is 2.88. The van der Waals surface area contributed by atoms with Crippen molar-refractivity contribution in [1.82, 2.24) is 0 Å². The first-order valence-electron chi connectivity index (χ1n) is 2.88. The minimum Gasteiger partial charge on any atom is -0.376 e. The summed E-state index contributed by atoms with van der Waals surface area (Å²) in [7, 11) is 0. The molecule has 0 bridgehead atoms. The van der Waals surface area contributed by atoms with E-state index in [1.165, 1.54) is 0 Å². The van der Waals surface area contributed by atoms with E-state index in [0.717, 1.165) is 0 Å². The zero-order valence-corrected chi connectivity index (χ0v) is 5.18. The minimum atomic E-state index is -4.03. The van der Waals surface area contributed by atoms with Gasteiger partial charge in [-0.05, 0) is 0 Å².